The summed E-state index contributed by atoms with van der Waals surface area (Å²) in [5.74, 6) is -2.27. The minimum absolute atomic E-state index is 0.0408. The fraction of sp³-hybridized carbons (Fsp3) is 0.240. The summed E-state index contributed by atoms with van der Waals surface area (Å²) in [6.45, 7) is 2.90. The Morgan fingerprint density at radius 3 is 2.54 bits per heavy atom. The third-order valence-corrected chi connectivity index (χ3v) is 6.84. The van der Waals surface area contributed by atoms with Crippen molar-refractivity contribution in [3.8, 4) is 0 Å². The number of carbonyl (C=O) groups is 3. The van der Waals surface area contributed by atoms with E-state index in [9.17, 15) is 24.5 Å². The van der Waals surface area contributed by atoms with Gasteiger partial charge >= 0.3 is 5.97 Å². The van der Waals surface area contributed by atoms with Gasteiger partial charge in [0.05, 0.1) is 28.1 Å². The van der Waals surface area contributed by atoms with E-state index in [4.69, 9.17) is 4.74 Å². The lowest BCUT2D eigenvalue weighted by molar-refractivity contribution is -0.385. The van der Waals surface area contributed by atoms with Gasteiger partial charge in [0.1, 0.15) is 0 Å². The van der Waals surface area contributed by atoms with Gasteiger partial charge in [-0.25, -0.2) is 0 Å². The van der Waals surface area contributed by atoms with E-state index in [0.717, 1.165) is 10.4 Å². The number of benzene rings is 2. The number of nitrogens with zero attached hydrogens (tertiary/aromatic N) is 2. The zero-order chi connectivity index (χ0) is 25.1. The van der Waals surface area contributed by atoms with Crippen LogP contribution >= 0.6 is 11.3 Å². The van der Waals surface area contributed by atoms with Gasteiger partial charge in [0.2, 0.25) is 5.91 Å². The van der Waals surface area contributed by atoms with Crippen molar-refractivity contribution in [2.24, 2.45) is 5.92 Å². The van der Waals surface area contributed by atoms with Crippen LogP contribution in [0.3, 0.4) is 0 Å². The number of nitro benzene ring substituents is 1. The number of thiophene rings is 1. The molecule has 180 valence electrons. The molecule has 0 aliphatic carbocycles. The summed E-state index contributed by atoms with van der Waals surface area (Å²) in [4.78, 5) is 51.5. The predicted molar refractivity (Wildman–Crippen MR) is 131 cm³/mol. The van der Waals surface area contributed by atoms with Crippen LogP contribution in [0.2, 0.25) is 0 Å². The van der Waals surface area contributed by atoms with E-state index in [-0.39, 0.29) is 23.7 Å². The Bertz CT molecular complexity index is 1270. The second-order valence-corrected chi connectivity index (χ2v) is 9.21. The topological polar surface area (TPSA) is 119 Å². The molecule has 1 aliphatic rings. The van der Waals surface area contributed by atoms with Crippen LogP contribution in [0.1, 0.15) is 28.5 Å². The first kappa shape index (κ1) is 24.1. The zero-order valence-corrected chi connectivity index (χ0v) is 19.9. The standard InChI is InChI=1S/C25H23N3O6S/c1-15-8-10-17(11-9-15)27-23(30)13-18(24(27)21-7-4-12-35-21)25(31)34-14-22(29)26-19-5-3-6-20(16(19)2)28(32)33/h3-12,18,24H,13-14H2,1-2H3,(H,26,29). The summed E-state index contributed by atoms with van der Waals surface area (Å²) in [7, 11) is 0. The summed E-state index contributed by atoms with van der Waals surface area (Å²) in [6.07, 6.45) is -0.0408. The van der Waals surface area contributed by atoms with Gasteiger partial charge in [0.15, 0.2) is 6.61 Å². The monoisotopic (exact) mass is 493 g/mol. The van der Waals surface area contributed by atoms with E-state index < -0.39 is 35.4 Å². The van der Waals surface area contributed by atoms with Crippen LogP contribution in [0.25, 0.3) is 0 Å². The maximum atomic E-state index is 13.0. The zero-order valence-electron chi connectivity index (χ0n) is 19.1. The minimum Gasteiger partial charge on any atom is -0.455 e. The SMILES string of the molecule is Cc1ccc(N2C(=O)CC(C(=O)OCC(=O)Nc3cccc([N+](=O)[O-])c3C)C2c2cccs2)cc1. The molecule has 35 heavy (non-hydrogen) atoms. The maximum Gasteiger partial charge on any atom is 0.312 e. The number of hydrogen-bond acceptors (Lipinski definition) is 7. The van der Waals surface area contributed by atoms with Crippen molar-refractivity contribution >= 4 is 46.2 Å². The van der Waals surface area contributed by atoms with Crippen molar-refractivity contribution in [3.63, 3.8) is 0 Å². The van der Waals surface area contributed by atoms with Gasteiger partial charge in [-0.2, -0.15) is 0 Å². The molecule has 1 aromatic heterocycles. The molecule has 2 aromatic carbocycles. The molecule has 3 aromatic rings. The van der Waals surface area contributed by atoms with E-state index in [2.05, 4.69) is 5.32 Å². The largest absolute Gasteiger partial charge is 0.455 e. The van der Waals surface area contributed by atoms with Crippen LogP contribution < -0.4 is 10.2 Å². The second-order valence-electron chi connectivity index (χ2n) is 8.23. The van der Waals surface area contributed by atoms with Crippen molar-refractivity contribution in [2.75, 3.05) is 16.8 Å². The normalized spacial score (nSPS) is 17.3. The Balaban J connectivity index is 1.48. The molecule has 1 aliphatic heterocycles. The molecule has 1 N–H and O–H groups in total. The number of aryl methyl sites for hydroxylation is 1. The molecular formula is C25H23N3O6S. The molecule has 1 saturated heterocycles. The van der Waals surface area contributed by atoms with E-state index >= 15 is 0 Å². The lowest BCUT2D eigenvalue weighted by atomic mass is 9.99. The number of anilines is 2. The van der Waals surface area contributed by atoms with E-state index in [1.54, 1.807) is 4.90 Å². The minimum atomic E-state index is -0.783. The average Bonchev–Trinajstić information content (AvgIpc) is 3.47. The quantitative estimate of drug-likeness (QED) is 0.293. The molecule has 2 atom stereocenters. The van der Waals surface area contributed by atoms with Crippen molar-refractivity contribution in [3.05, 3.63) is 86.1 Å². The summed E-state index contributed by atoms with van der Waals surface area (Å²) >= 11 is 1.44. The highest BCUT2D eigenvalue weighted by Crippen LogP contribution is 2.43. The molecule has 2 amide bonds. The molecule has 0 spiro atoms. The molecule has 10 heteroatoms. The molecule has 0 bridgehead atoms. The van der Waals surface area contributed by atoms with Crippen LogP contribution in [-0.2, 0) is 19.1 Å². The van der Waals surface area contributed by atoms with Crippen LogP contribution in [-0.4, -0.2) is 29.3 Å². The first-order chi connectivity index (χ1) is 16.8. The number of nitrogens with one attached hydrogen (secondary N) is 1. The Morgan fingerprint density at radius 2 is 1.89 bits per heavy atom. The van der Waals surface area contributed by atoms with Crippen molar-refractivity contribution in [2.45, 2.75) is 26.3 Å². The molecule has 0 radical (unpaired) electrons. The van der Waals surface area contributed by atoms with Gasteiger partial charge in [-0.15, -0.1) is 11.3 Å². The Kier molecular flexibility index (Phi) is 6.92. The lowest BCUT2D eigenvalue weighted by Crippen LogP contribution is -2.31. The molecule has 0 saturated carbocycles. The number of nitro groups is 1. The van der Waals surface area contributed by atoms with Gasteiger partial charge in [0.25, 0.3) is 11.6 Å². The molecule has 2 heterocycles. The van der Waals surface area contributed by atoms with Gasteiger partial charge < -0.3 is 15.0 Å². The third-order valence-electron chi connectivity index (χ3n) is 5.89. The Labute approximate surface area is 205 Å². The highest BCUT2D eigenvalue weighted by atomic mass is 32.1. The van der Waals surface area contributed by atoms with Crippen molar-refractivity contribution < 1.29 is 24.0 Å². The third kappa shape index (κ3) is 5.07. The fourth-order valence-electron chi connectivity index (χ4n) is 4.13. The van der Waals surface area contributed by atoms with Crippen LogP contribution in [0.5, 0.6) is 0 Å². The molecule has 2 unspecified atom stereocenters. The highest BCUT2D eigenvalue weighted by molar-refractivity contribution is 7.10. The smallest absolute Gasteiger partial charge is 0.312 e. The lowest BCUT2D eigenvalue weighted by Gasteiger charge is -2.27. The first-order valence-corrected chi connectivity index (χ1v) is 11.8. The molecule has 1 fully saturated rings. The van der Waals surface area contributed by atoms with Gasteiger partial charge in [-0.05, 0) is 43.5 Å². The van der Waals surface area contributed by atoms with E-state index in [1.807, 2.05) is 48.7 Å². The Hall–Kier alpha value is -4.05. The average molecular weight is 494 g/mol. The van der Waals surface area contributed by atoms with E-state index in [0.29, 0.717) is 11.3 Å². The van der Waals surface area contributed by atoms with Crippen molar-refractivity contribution in [1.29, 1.82) is 0 Å². The Morgan fingerprint density at radius 1 is 1.14 bits per heavy atom. The van der Waals surface area contributed by atoms with Crippen LogP contribution in [0.15, 0.2) is 60.0 Å². The van der Waals surface area contributed by atoms with Gasteiger partial charge in [-0.3, -0.25) is 24.5 Å². The van der Waals surface area contributed by atoms with Gasteiger partial charge in [0, 0.05) is 23.1 Å². The number of hydrogen-bond donors (Lipinski definition) is 1. The number of carbonyl (C=O) groups excluding carboxylic acids is 3. The summed E-state index contributed by atoms with van der Waals surface area (Å²) < 4.78 is 5.30. The summed E-state index contributed by atoms with van der Waals surface area (Å²) in [5.41, 5.74) is 2.17. The summed E-state index contributed by atoms with van der Waals surface area (Å²) in [5, 5.41) is 15.5. The summed E-state index contributed by atoms with van der Waals surface area (Å²) in [6, 6.07) is 15.0. The molecular weight excluding hydrogens is 470 g/mol. The second kappa shape index (κ2) is 10.1. The number of ether oxygens (including phenoxy) is 1. The first-order valence-electron chi connectivity index (χ1n) is 10.9. The molecule has 9 nitrogen and oxygen atoms in total. The predicted octanol–water partition coefficient (Wildman–Crippen LogP) is 4.55. The molecule has 4 rings (SSSR count). The van der Waals surface area contributed by atoms with Gasteiger partial charge in [-0.1, -0.05) is 29.8 Å². The highest BCUT2D eigenvalue weighted by Gasteiger charge is 2.46. The number of esters is 1. The van der Waals surface area contributed by atoms with Crippen LogP contribution in [0, 0.1) is 29.9 Å². The number of amides is 2. The van der Waals surface area contributed by atoms with Crippen LogP contribution in [0.4, 0.5) is 17.1 Å². The fourth-order valence-corrected chi connectivity index (χ4v) is 5.01. The van der Waals surface area contributed by atoms with Crippen molar-refractivity contribution in [1.82, 2.24) is 0 Å². The van der Waals surface area contributed by atoms with E-state index in [1.165, 1.54) is 36.5 Å². The maximum absolute atomic E-state index is 13.0. The number of rotatable bonds is 7.